The fourth-order valence-electron chi connectivity index (χ4n) is 2.32. The molecule has 2 atom stereocenters. The zero-order chi connectivity index (χ0) is 10.3. The summed E-state index contributed by atoms with van der Waals surface area (Å²) in [6, 6.07) is 0. The molecule has 0 radical (unpaired) electrons. The van der Waals surface area contributed by atoms with E-state index in [0.29, 0.717) is 11.5 Å². The zero-order valence-electron chi connectivity index (χ0n) is 9.98. The van der Waals surface area contributed by atoms with Crippen LogP contribution < -0.4 is 0 Å². The van der Waals surface area contributed by atoms with Gasteiger partial charge in [-0.05, 0) is 43.8 Å². The third kappa shape index (κ3) is 2.81. The Morgan fingerprint density at radius 3 is 2.08 bits per heavy atom. The number of hydrogen-bond acceptors (Lipinski definition) is 1. The molecular formula is C11H24OSi. The molecule has 1 fully saturated rings. The van der Waals surface area contributed by atoms with Crippen LogP contribution in [0, 0.1) is 11.3 Å². The Kier molecular flexibility index (Phi) is 2.94. The molecule has 1 aliphatic carbocycles. The quantitative estimate of drug-likeness (QED) is 0.618. The highest BCUT2D eigenvalue weighted by Crippen LogP contribution is 2.44. The maximum Gasteiger partial charge on any atom is 0.184 e. The molecule has 13 heavy (non-hydrogen) atoms. The Morgan fingerprint density at radius 2 is 1.77 bits per heavy atom. The van der Waals surface area contributed by atoms with E-state index in [-0.39, 0.29) is 0 Å². The van der Waals surface area contributed by atoms with Crippen LogP contribution in [0.3, 0.4) is 0 Å². The van der Waals surface area contributed by atoms with Gasteiger partial charge >= 0.3 is 0 Å². The highest BCUT2D eigenvalue weighted by atomic mass is 28.4. The summed E-state index contributed by atoms with van der Waals surface area (Å²) in [5.74, 6) is 0.752. The van der Waals surface area contributed by atoms with Gasteiger partial charge in [0, 0.05) is 0 Å². The van der Waals surface area contributed by atoms with Crippen LogP contribution in [0.5, 0.6) is 0 Å². The molecule has 0 spiro atoms. The molecule has 1 aliphatic rings. The molecule has 1 nitrogen and oxygen atoms in total. The Hall–Kier alpha value is 0.177. The molecule has 0 aromatic carbocycles. The van der Waals surface area contributed by atoms with Crippen molar-refractivity contribution in [2.24, 2.45) is 11.3 Å². The van der Waals surface area contributed by atoms with Gasteiger partial charge in [0.1, 0.15) is 0 Å². The van der Waals surface area contributed by atoms with Crippen LogP contribution in [0.25, 0.3) is 0 Å². The predicted octanol–water partition coefficient (Wildman–Crippen LogP) is 3.66. The van der Waals surface area contributed by atoms with E-state index in [1.807, 2.05) is 0 Å². The van der Waals surface area contributed by atoms with Gasteiger partial charge in [-0.15, -0.1) is 0 Å². The van der Waals surface area contributed by atoms with E-state index in [0.717, 1.165) is 5.92 Å². The largest absolute Gasteiger partial charge is 0.414 e. The summed E-state index contributed by atoms with van der Waals surface area (Å²) in [6.45, 7) is 13.9. The predicted molar refractivity (Wildman–Crippen MR) is 60.4 cm³/mol. The van der Waals surface area contributed by atoms with Crippen LogP contribution in [0.4, 0.5) is 0 Å². The highest BCUT2D eigenvalue weighted by molar-refractivity contribution is 6.69. The molecule has 0 unspecified atom stereocenters. The Morgan fingerprint density at radius 1 is 1.23 bits per heavy atom. The van der Waals surface area contributed by atoms with E-state index in [1.54, 1.807) is 0 Å². The van der Waals surface area contributed by atoms with Gasteiger partial charge in [0.15, 0.2) is 8.32 Å². The van der Waals surface area contributed by atoms with Gasteiger partial charge in [-0.1, -0.05) is 20.8 Å². The fourth-order valence-corrected chi connectivity index (χ4v) is 3.63. The van der Waals surface area contributed by atoms with E-state index >= 15 is 0 Å². The van der Waals surface area contributed by atoms with Crippen LogP contribution >= 0.6 is 0 Å². The average molecular weight is 200 g/mol. The van der Waals surface area contributed by atoms with Crippen molar-refractivity contribution < 1.29 is 4.43 Å². The Bertz CT molecular complexity index is 181. The monoisotopic (exact) mass is 200 g/mol. The molecule has 0 saturated heterocycles. The molecule has 2 heteroatoms. The van der Waals surface area contributed by atoms with Crippen molar-refractivity contribution in [2.75, 3.05) is 0 Å². The molecule has 1 saturated carbocycles. The van der Waals surface area contributed by atoms with Gasteiger partial charge in [-0.25, -0.2) is 0 Å². The summed E-state index contributed by atoms with van der Waals surface area (Å²) in [6.07, 6.45) is 3.16. The molecule has 78 valence electrons. The van der Waals surface area contributed by atoms with Gasteiger partial charge in [-0.2, -0.15) is 0 Å². The first kappa shape index (κ1) is 11.3. The first-order chi connectivity index (χ1) is 5.72. The van der Waals surface area contributed by atoms with Crippen molar-refractivity contribution in [3.8, 4) is 0 Å². The molecule has 0 bridgehead atoms. The minimum absolute atomic E-state index is 0.402. The SMILES string of the molecule is C[C@@H]1CCC(C)(C)[C@H]1O[Si](C)(C)C. The highest BCUT2D eigenvalue weighted by Gasteiger charge is 2.42. The van der Waals surface area contributed by atoms with Crippen molar-refractivity contribution in [3.05, 3.63) is 0 Å². The van der Waals surface area contributed by atoms with Crippen molar-refractivity contribution in [3.63, 3.8) is 0 Å². The number of rotatable bonds is 2. The van der Waals surface area contributed by atoms with Crippen LogP contribution in [0.15, 0.2) is 0 Å². The van der Waals surface area contributed by atoms with Crippen LogP contribution in [-0.2, 0) is 4.43 Å². The van der Waals surface area contributed by atoms with Crippen LogP contribution in [0.2, 0.25) is 19.6 Å². The maximum absolute atomic E-state index is 6.27. The van der Waals surface area contributed by atoms with Crippen LogP contribution in [-0.4, -0.2) is 14.4 Å². The summed E-state index contributed by atoms with van der Waals surface area (Å²) in [5.41, 5.74) is 0.402. The lowest BCUT2D eigenvalue weighted by atomic mass is 9.88. The average Bonchev–Trinajstić information content (AvgIpc) is 2.13. The Balaban J connectivity index is 2.66. The molecule has 0 aromatic heterocycles. The number of hydrogen-bond donors (Lipinski definition) is 0. The van der Waals surface area contributed by atoms with Crippen LogP contribution in [0.1, 0.15) is 33.6 Å². The molecule has 0 aliphatic heterocycles. The van der Waals surface area contributed by atoms with E-state index < -0.39 is 8.32 Å². The van der Waals surface area contributed by atoms with Gasteiger partial charge in [0.2, 0.25) is 0 Å². The maximum atomic E-state index is 6.27. The smallest absolute Gasteiger partial charge is 0.184 e. The second kappa shape index (κ2) is 3.39. The van der Waals surface area contributed by atoms with E-state index in [4.69, 9.17) is 4.43 Å². The molecule has 0 aromatic rings. The van der Waals surface area contributed by atoms with E-state index in [2.05, 4.69) is 40.4 Å². The lowest BCUT2D eigenvalue weighted by Crippen LogP contribution is -2.40. The molecule has 1 rings (SSSR count). The summed E-state index contributed by atoms with van der Waals surface area (Å²) in [5, 5.41) is 0. The first-order valence-corrected chi connectivity index (χ1v) is 8.81. The minimum Gasteiger partial charge on any atom is -0.414 e. The second-order valence-electron chi connectivity index (χ2n) is 6.16. The molecule has 0 N–H and O–H groups in total. The molecule has 0 amide bonds. The van der Waals surface area contributed by atoms with E-state index in [9.17, 15) is 0 Å². The molecule has 0 heterocycles. The van der Waals surface area contributed by atoms with Crippen molar-refractivity contribution in [2.45, 2.75) is 59.4 Å². The zero-order valence-corrected chi connectivity index (χ0v) is 11.0. The van der Waals surface area contributed by atoms with Crippen molar-refractivity contribution >= 4 is 8.32 Å². The van der Waals surface area contributed by atoms with Crippen molar-refractivity contribution in [1.29, 1.82) is 0 Å². The standard InChI is InChI=1S/C11H24OSi/c1-9-7-8-11(2,3)10(9)12-13(4,5)6/h9-10H,7-8H2,1-6H3/t9-,10+/m1/s1. The Labute approximate surface area is 84.0 Å². The normalized spacial score (nSPS) is 33.7. The lowest BCUT2D eigenvalue weighted by Gasteiger charge is -2.35. The summed E-state index contributed by atoms with van der Waals surface area (Å²) < 4.78 is 6.27. The summed E-state index contributed by atoms with van der Waals surface area (Å²) in [7, 11) is -1.35. The molecular weight excluding hydrogens is 176 g/mol. The van der Waals surface area contributed by atoms with Crippen molar-refractivity contribution in [1.82, 2.24) is 0 Å². The van der Waals surface area contributed by atoms with Gasteiger partial charge in [-0.3, -0.25) is 0 Å². The minimum atomic E-state index is -1.35. The first-order valence-electron chi connectivity index (χ1n) is 5.40. The van der Waals surface area contributed by atoms with Gasteiger partial charge in [0.25, 0.3) is 0 Å². The fraction of sp³-hybridized carbons (Fsp3) is 1.00. The third-order valence-electron chi connectivity index (χ3n) is 3.01. The van der Waals surface area contributed by atoms with E-state index in [1.165, 1.54) is 12.8 Å². The third-order valence-corrected chi connectivity index (χ3v) is 3.97. The topological polar surface area (TPSA) is 9.23 Å². The summed E-state index contributed by atoms with van der Waals surface area (Å²) >= 11 is 0. The lowest BCUT2D eigenvalue weighted by molar-refractivity contribution is 0.0684. The van der Waals surface area contributed by atoms with Gasteiger partial charge in [0.05, 0.1) is 6.10 Å². The van der Waals surface area contributed by atoms with Gasteiger partial charge < -0.3 is 4.43 Å². The second-order valence-corrected chi connectivity index (χ2v) is 10.6. The summed E-state index contributed by atoms with van der Waals surface area (Å²) in [4.78, 5) is 0.